The van der Waals surface area contributed by atoms with Crippen molar-refractivity contribution in [2.24, 2.45) is 0 Å². The van der Waals surface area contributed by atoms with Crippen LogP contribution >= 0.6 is 0 Å². The zero-order valence-corrected chi connectivity index (χ0v) is 10.5. The topological polar surface area (TPSA) is 0 Å². The Balaban J connectivity index is 2.08. The first-order chi connectivity index (χ1) is 8.24. The molecule has 0 N–H and O–H groups in total. The second-order valence-corrected chi connectivity index (χ2v) is 5.22. The molecule has 3 rings (SSSR count). The molecule has 0 saturated heterocycles. The molecule has 1 atom stereocenters. The minimum atomic E-state index is 0.731. The van der Waals surface area contributed by atoms with Gasteiger partial charge in [-0.1, -0.05) is 55.0 Å². The van der Waals surface area contributed by atoms with Crippen molar-refractivity contribution >= 4 is 0 Å². The number of rotatable bonds is 1. The molecule has 1 unspecified atom stereocenters. The average Bonchev–Trinajstić information content (AvgIpc) is 2.71. The molecule has 0 bridgehead atoms. The van der Waals surface area contributed by atoms with Crippen LogP contribution in [0.5, 0.6) is 0 Å². The minimum Gasteiger partial charge on any atom is -0.0614 e. The van der Waals surface area contributed by atoms with Gasteiger partial charge < -0.3 is 0 Å². The van der Waals surface area contributed by atoms with Gasteiger partial charge in [0.15, 0.2) is 0 Å². The Labute approximate surface area is 103 Å². The van der Waals surface area contributed by atoms with E-state index in [1.54, 1.807) is 11.1 Å². The van der Waals surface area contributed by atoms with Gasteiger partial charge in [-0.2, -0.15) is 0 Å². The predicted octanol–water partition coefficient (Wildman–Crippen LogP) is 4.71. The van der Waals surface area contributed by atoms with Gasteiger partial charge in [-0.15, -0.1) is 0 Å². The van der Waals surface area contributed by atoms with Gasteiger partial charge in [0.2, 0.25) is 0 Å². The third-order valence-corrected chi connectivity index (χ3v) is 3.87. The van der Waals surface area contributed by atoms with E-state index in [2.05, 4.69) is 56.3 Å². The Morgan fingerprint density at radius 2 is 1.82 bits per heavy atom. The lowest BCUT2D eigenvalue weighted by atomic mass is 9.96. The van der Waals surface area contributed by atoms with Crippen LogP contribution in [0.25, 0.3) is 11.1 Å². The highest BCUT2D eigenvalue weighted by Gasteiger charge is 2.18. The SMILES string of the molecule is Cc1cccc(-c2ccc3c(c2)C(C)CC3)c1. The van der Waals surface area contributed by atoms with Gasteiger partial charge >= 0.3 is 0 Å². The molecule has 2 aromatic rings. The first-order valence-electron chi connectivity index (χ1n) is 6.44. The van der Waals surface area contributed by atoms with Crippen molar-refractivity contribution in [2.75, 3.05) is 0 Å². The summed E-state index contributed by atoms with van der Waals surface area (Å²) in [4.78, 5) is 0. The fourth-order valence-corrected chi connectivity index (χ4v) is 2.81. The quantitative estimate of drug-likeness (QED) is 0.655. The summed E-state index contributed by atoms with van der Waals surface area (Å²) in [6.07, 6.45) is 2.57. The normalized spacial score (nSPS) is 18.1. The maximum Gasteiger partial charge on any atom is -0.0181 e. The number of aryl methyl sites for hydroxylation is 2. The maximum absolute atomic E-state index is 2.39. The molecule has 0 heteroatoms. The smallest absolute Gasteiger partial charge is 0.0181 e. The van der Waals surface area contributed by atoms with Crippen LogP contribution in [0.1, 0.15) is 36.0 Å². The van der Waals surface area contributed by atoms with Crippen LogP contribution in [0.4, 0.5) is 0 Å². The second kappa shape index (κ2) is 4.03. The molecule has 0 saturated carbocycles. The van der Waals surface area contributed by atoms with E-state index in [1.807, 2.05) is 0 Å². The van der Waals surface area contributed by atoms with E-state index < -0.39 is 0 Å². The Hall–Kier alpha value is -1.56. The Morgan fingerprint density at radius 1 is 1.00 bits per heavy atom. The molecule has 0 heterocycles. The van der Waals surface area contributed by atoms with Crippen molar-refractivity contribution in [2.45, 2.75) is 32.6 Å². The monoisotopic (exact) mass is 222 g/mol. The molecule has 2 aromatic carbocycles. The van der Waals surface area contributed by atoms with E-state index in [-0.39, 0.29) is 0 Å². The molecule has 17 heavy (non-hydrogen) atoms. The van der Waals surface area contributed by atoms with Crippen LogP contribution in [-0.4, -0.2) is 0 Å². The Kier molecular flexibility index (Phi) is 2.51. The van der Waals surface area contributed by atoms with Crippen LogP contribution in [0.15, 0.2) is 42.5 Å². The second-order valence-electron chi connectivity index (χ2n) is 5.22. The number of fused-ring (bicyclic) bond motifs is 1. The van der Waals surface area contributed by atoms with Gasteiger partial charge in [-0.3, -0.25) is 0 Å². The fourth-order valence-electron chi connectivity index (χ4n) is 2.81. The lowest BCUT2D eigenvalue weighted by molar-refractivity contribution is 0.747. The molecule has 0 fully saturated rings. The highest BCUT2D eigenvalue weighted by Crippen LogP contribution is 2.35. The predicted molar refractivity (Wildman–Crippen MR) is 73.4 cm³/mol. The average molecular weight is 222 g/mol. The molecule has 0 nitrogen and oxygen atoms in total. The van der Waals surface area contributed by atoms with E-state index in [1.165, 1.54) is 29.5 Å². The van der Waals surface area contributed by atoms with E-state index in [9.17, 15) is 0 Å². The molecular formula is C17H18. The number of hydrogen-bond donors (Lipinski definition) is 0. The third kappa shape index (κ3) is 1.88. The summed E-state index contributed by atoms with van der Waals surface area (Å²) in [5, 5.41) is 0. The molecule has 1 aliphatic rings. The molecule has 1 aliphatic carbocycles. The van der Waals surface area contributed by atoms with Gasteiger partial charge in [0.1, 0.15) is 0 Å². The van der Waals surface area contributed by atoms with E-state index in [4.69, 9.17) is 0 Å². The van der Waals surface area contributed by atoms with Crippen LogP contribution in [0.2, 0.25) is 0 Å². The Bertz CT molecular complexity index is 552. The summed E-state index contributed by atoms with van der Waals surface area (Å²) in [5.41, 5.74) is 7.14. The van der Waals surface area contributed by atoms with Gasteiger partial charge in [0, 0.05) is 0 Å². The zero-order chi connectivity index (χ0) is 11.8. The summed E-state index contributed by atoms with van der Waals surface area (Å²) in [5.74, 6) is 0.731. The van der Waals surface area contributed by atoms with Crippen LogP contribution in [-0.2, 0) is 6.42 Å². The number of benzene rings is 2. The lowest BCUT2D eigenvalue weighted by Crippen LogP contribution is -1.88. The highest BCUT2D eigenvalue weighted by atomic mass is 14.2. The molecule has 0 amide bonds. The van der Waals surface area contributed by atoms with E-state index in [0.717, 1.165) is 5.92 Å². The standard InChI is InChI=1S/C17H18/c1-12-4-3-5-15(10-12)16-9-8-14-7-6-13(2)17(14)11-16/h3-5,8-11,13H,6-7H2,1-2H3. The lowest BCUT2D eigenvalue weighted by Gasteiger charge is -2.08. The highest BCUT2D eigenvalue weighted by molar-refractivity contribution is 5.66. The van der Waals surface area contributed by atoms with E-state index in [0.29, 0.717) is 0 Å². The van der Waals surface area contributed by atoms with Crippen molar-refractivity contribution in [3.63, 3.8) is 0 Å². The third-order valence-electron chi connectivity index (χ3n) is 3.87. The van der Waals surface area contributed by atoms with Gasteiger partial charge in [0.05, 0.1) is 0 Å². The summed E-state index contributed by atoms with van der Waals surface area (Å²) in [7, 11) is 0. The molecule has 0 aromatic heterocycles. The van der Waals surface area contributed by atoms with E-state index >= 15 is 0 Å². The van der Waals surface area contributed by atoms with Gasteiger partial charge in [0.25, 0.3) is 0 Å². The van der Waals surface area contributed by atoms with Gasteiger partial charge in [-0.25, -0.2) is 0 Å². The van der Waals surface area contributed by atoms with Crippen molar-refractivity contribution < 1.29 is 0 Å². The molecule has 0 radical (unpaired) electrons. The summed E-state index contributed by atoms with van der Waals surface area (Å²) < 4.78 is 0. The molecule has 0 spiro atoms. The van der Waals surface area contributed by atoms with Crippen molar-refractivity contribution in [1.82, 2.24) is 0 Å². The molecular weight excluding hydrogens is 204 g/mol. The summed E-state index contributed by atoms with van der Waals surface area (Å²) in [6, 6.07) is 15.7. The zero-order valence-electron chi connectivity index (χ0n) is 10.5. The van der Waals surface area contributed by atoms with Gasteiger partial charge in [-0.05, 0) is 47.9 Å². The summed E-state index contributed by atoms with van der Waals surface area (Å²) in [6.45, 7) is 4.49. The number of hydrogen-bond acceptors (Lipinski definition) is 0. The molecule has 86 valence electrons. The minimum absolute atomic E-state index is 0.731. The first kappa shape index (κ1) is 10.6. The Morgan fingerprint density at radius 3 is 2.65 bits per heavy atom. The van der Waals surface area contributed by atoms with Crippen molar-refractivity contribution in [1.29, 1.82) is 0 Å². The summed E-state index contributed by atoms with van der Waals surface area (Å²) >= 11 is 0. The maximum atomic E-state index is 2.39. The fraction of sp³-hybridized carbons (Fsp3) is 0.294. The largest absolute Gasteiger partial charge is 0.0614 e. The van der Waals surface area contributed by atoms with Crippen LogP contribution in [0, 0.1) is 6.92 Å². The first-order valence-corrected chi connectivity index (χ1v) is 6.44. The van der Waals surface area contributed by atoms with Crippen molar-refractivity contribution in [3.8, 4) is 11.1 Å². The molecule has 0 aliphatic heterocycles. The van der Waals surface area contributed by atoms with Crippen LogP contribution in [0.3, 0.4) is 0 Å². The van der Waals surface area contributed by atoms with Crippen molar-refractivity contribution in [3.05, 3.63) is 59.2 Å². The van der Waals surface area contributed by atoms with Crippen LogP contribution < -0.4 is 0 Å².